The van der Waals surface area contributed by atoms with Gasteiger partial charge in [-0.05, 0) is 54.1 Å². The number of ether oxygens (including phenoxy) is 3. The van der Waals surface area contributed by atoms with Crippen molar-refractivity contribution < 1.29 is 23.9 Å². The average Bonchev–Trinajstić information content (AvgIpc) is 2.81. The molecule has 0 amide bonds. The molecule has 0 bridgehead atoms. The van der Waals surface area contributed by atoms with Crippen LogP contribution in [0, 0.1) is 10.1 Å². The monoisotopic (exact) mass is 419 g/mol. The molecule has 0 N–H and O–H groups in total. The molecule has 0 heterocycles. The average molecular weight is 419 g/mol. The number of ketones is 1. The highest BCUT2D eigenvalue weighted by Crippen LogP contribution is 2.25. The Morgan fingerprint density at radius 1 is 0.968 bits per heavy atom. The van der Waals surface area contributed by atoms with Gasteiger partial charge in [0.25, 0.3) is 5.69 Å². The number of carbonyl (C=O) groups excluding carboxylic acids is 1. The molecule has 0 aliphatic heterocycles. The van der Waals surface area contributed by atoms with Crippen molar-refractivity contribution in [3.05, 3.63) is 99.6 Å². The lowest BCUT2D eigenvalue weighted by Gasteiger charge is -2.11. The van der Waals surface area contributed by atoms with E-state index in [1.807, 2.05) is 6.07 Å². The van der Waals surface area contributed by atoms with Crippen LogP contribution in [0.15, 0.2) is 72.8 Å². The summed E-state index contributed by atoms with van der Waals surface area (Å²) < 4.78 is 16.4. The molecule has 31 heavy (non-hydrogen) atoms. The second-order valence-electron chi connectivity index (χ2n) is 6.51. The summed E-state index contributed by atoms with van der Waals surface area (Å²) in [6, 6.07) is 18.5. The van der Waals surface area contributed by atoms with Gasteiger partial charge in [0.1, 0.15) is 23.9 Å². The highest BCUT2D eigenvalue weighted by molar-refractivity contribution is 6.09. The molecule has 0 spiro atoms. The van der Waals surface area contributed by atoms with Crippen LogP contribution in [0.2, 0.25) is 0 Å². The van der Waals surface area contributed by atoms with Gasteiger partial charge in [0.05, 0.1) is 24.7 Å². The van der Waals surface area contributed by atoms with Crippen molar-refractivity contribution in [3.8, 4) is 17.2 Å². The molecule has 3 rings (SSSR count). The second kappa shape index (κ2) is 10.1. The molecule has 7 nitrogen and oxygen atoms in total. The predicted octanol–water partition coefficient (Wildman–Crippen LogP) is 5.09. The van der Waals surface area contributed by atoms with Gasteiger partial charge in [-0.25, -0.2) is 0 Å². The van der Waals surface area contributed by atoms with Crippen molar-refractivity contribution in [2.75, 3.05) is 14.2 Å². The zero-order valence-corrected chi connectivity index (χ0v) is 17.1. The van der Waals surface area contributed by atoms with Gasteiger partial charge in [0.15, 0.2) is 5.78 Å². The molecule has 0 radical (unpaired) electrons. The Kier molecular flexibility index (Phi) is 7.01. The number of carbonyl (C=O) groups is 1. The van der Waals surface area contributed by atoms with E-state index in [9.17, 15) is 14.9 Å². The number of nitro groups is 1. The first-order valence-electron chi connectivity index (χ1n) is 9.41. The number of nitrogens with zero attached hydrogens (tertiary/aromatic N) is 1. The van der Waals surface area contributed by atoms with E-state index >= 15 is 0 Å². The van der Waals surface area contributed by atoms with Crippen molar-refractivity contribution in [2.45, 2.75) is 6.61 Å². The maximum atomic E-state index is 12.5. The molecule has 3 aromatic rings. The van der Waals surface area contributed by atoms with Crippen LogP contribution in [0.4, 0.5) is 5.69 Å². The number of para-hydroxylation sites is 1. The molecular weight excluding hydrogens is 398 g/mol. The smallest absolute Gasteiger partial charge is 0.280 e. The van der Waals surface area contributed by atoms with Crippen LogP contribution in [-0.2, 0) is 6.61 Å². The van der Waals surface area contributed by atoms with E-state index in [1.165, 1.54) is 24.3 Å². The third-order valence-electron chi connectivity index (χ3n) is 4.55. The molecule has 3 aromatic carbocycles. The second-order valence-corrected chi connectivity index (χ2v) is 6.51. The molecule has 0 aliphatic rings. The van der Waals surface area contributed by atoms with Crippen molar-refractivity contribution in [2.24, 2.45) is 0 Å². The van der Waals surface area contributed by atoms with Gasteiger partial charge < -0.3 is 14.2 Å². The molecule has 0 atom stereocenters. The zero-order chi connectivity index (χ0) is 22.2. The first-order valence-corrected chi connectivity index (χ1v) is 9.41. The summed E-state index contributed by atoms with van der Waals surface area (Å²) in [4.78, 5) is 23.0. The third kappa shape index (κ3) is 5.48. The summed E-state index contributed by atoms with van der Waals surface area (Å²) in [5.74, 6) is 1.62. The SMILES string of the molecule is COc1ccc(OCc2cc(/C=C/C(=O)c3ccccc3[N+](=O)[O-])ccc2OC)cc1. The van der Waals surface area contributed by atoms with Crippen molar-refractivity contribution in [3.63, 3.8) is 0 Å². The summed E-state index contributed by atoms with van der Waals surface area (Å²) in [6.45, 7) is 0.259. The Morgan fingerprint density at radius 3 is 2.35 bits per heavy atom. The van der Waals surface area contributed by atoms with Crippen molar-refractivity contribution >= 4 is 17.5 Å². The topological polar surface area (TPSA) is 87.9 Å². The van der Waals surface area contributed by atoms with E-state index < -0.39 is 10.7 Å². The van der Waals surface area contributed by atoms with Gasteiger partial charge in [-0.1, -0.05) is 24.3 Å². The van der Waals surface area contributed by atoms with E-state index in [0.717, 1.165) is 16.9 Å². The molecule has 7 heteroatoms. The van der Waals surface area contributed by atoms with Gasteiger partial charge in [0.2, 0.25) is 0 Å². The lowest BCUT2D eigenvalue weighted by atomic mass is 10.1. The third-order valence-corrected chi connectivity index (χ3v) is 4.55. The largest absolute Gasteiger partial charge is 0.497 e. The van der Waals surface area contributed by atoms with E-state index in [2.05, 4.69) is 0 Å². The van der Waals surface area contributed by atoms with E-state index in [1.54, 1.807) is 62.8 Å². The summed E-state index contributed by atoms with van der Waals surface area (Å²) in [7, 11) is 3.17. The quantitative estimate of drug-likeness (QED) is 0.208. The Labute approximate surface area is 179 Å². The zero-order valence-electron chi connectivity index (χ0n) is 17.1. The van der Waals surface area contributed by atoms with Gasteiger partial charge in [-0.15, -0.1) is 0 Å². The number of rotatable bonds is 9. The Hall–Kier alpha value is -4.13. The van der Waals surface area contributed by atoms with Gasteiger partial charge in [0, 0.05) is 11.6 Å². The summed E-state index contributed by atoms with van der Waals surface area (Å²) in [5, 5.41) is 11.1. The number of allylic oxidation sites excluding steroid dienone is 1. The maximum absolute atomic E-state index is 12.5. The number of hydrogen-bond donors (Lipinski definition) is 0. The first-order chi connectivity index (χ1) is 15.0. The molecule has 0 fully saturated rings. The highest BCUT2D eigenvalue weighted by Gasteiger charge is 2.17. The molecule has 158 valence electrons. The highest BCUT2D eigenvalue weighted by atomic mass is 16.6. The van der Waals surface area contributed by atoms with Crippen LogP contribution in [0.25, 0.3) is 6.08 Å². The molecule has 0 saturated heterocycles. The van der Waals surface area contributed by atoms with Crippen LogP contribution in [-0.4, -0.2) is 24.9 Å². The Balaban J connectivity index is 1.76. The Bertz CT molecular complexity index is 1110. The lowest BCUT2D eigenvalue weighted by Crippen LogP contribution is -2.01. The van der Waals surface area contributed by atoms with E-state index in [4.69, 9.17) is 14.2 Å². The fourth-order valence-corrected chi connectivity index (χ4v) is 2.95. The van der Waals surface area contributed by atoms with Crippen LogP contribution < -0.4 is 14.2 Å². The predicted molar refractivity (Wildman–Crippen MR) is 117 cm³/mol. The van der Waals surface area contributed by atoms with E-state index in [0.29, 0.717) is 11.5 Å². The minimum Gasteiger partial charge on any atom is -0.497 e. The molecule has 0 aromatic heterocycles. The van der Waals surface area contributed by atoms with Crippen LogP contribution in [0.3, 0.4) is 0 Å². The number of benzene rings is 3. The number of nitro benzene ring substituents is 1. The molecular formula is C24H21NO6. The summed E-state index contributed by atoms with van der Waals surface area (Å²) >= 11 is 0. The summed E-state index contributed by atoms with van der Waals surface area (Å²) in [6.07, 6.45) is 2.92. The van der Waals surface area contributed by atoms with Crippen LogP contribution in [0.5, 0.6) is 17.2 Å². The fraction of sp³-hybridized carbons (Fsp3) is 0.125. The standard InChI is InChI=1S/C24H21NO6/c1-29-19-9-11-20(12-10-19)31-16-18-15-17(8-14-24(18)30-2)7-13-23(26)21-5-3-4-6-22(21)25(27)28/h3-15H,16H2,1-2H3/b13-7+. The van der Waals surface area contributed by atoms with Crippen molar-refractivity contribution in [1.82, 2.24) is 0 Å². The van der Waals surface area contributed by atoms with Gasteiger partial charge >= 0.3 is 0 Å². The van der Waals surface area contributed by atoms with Crippen molar-refractivity contribution in [1.29, 1.82) is 0 Å². The minimum atomic E-state index is -0.566. The maximum Gasteiger partial charge on any atom is 0.280 e. The number of hydrogen-bond acceptors (Lipinski definition) is 6. The van der Waals surface area contributed by atoms with Crippen LogP contribution >= 0.6 is 0 Å². The van der Waals surface area contributed by atoms with E-state index in [-0.39, 0.29) is 17.9 Å². The molecule has 0 unspecified atom stereocenters. The Morgan fingerprint density at radius 2 is 1.68 bits per heavy atom. The first kappa shape index (κ1) is 21.6. The minimum absolute atomic E-state index is 0.0420. The number of methoxy groups -OCH3 is 2. The normalized spacial score (nSPS) is 10.6. The molecule has 0 aliphatic carbocycles. The van der Waals surface area contributed by atoms with Crippen LogP contribution in [0.1, 0.15) is 21.5 Å². The van der Waals surface area contributed by atoms with Gasteiger partial charge in [-0.2, -0.15) is 0 Å². The van der Waals surface area contributed by atoms with Gasteiger partial charge in [-0.3, -0.25) is 14.9 Å². The molecule has 0 saturated carbocycles. The summed E-state index contributed by atoms with van der Waals surface area (Å²) in [5.41, 5.74) is 1.35. The fourth-order valence-electron chi connectivity index (χ4n) is 2.95. The lowest BCUT2D eigenvalue weighted by molar-refractivity contribution is -0.385.